The summed E-state index contributed by atoms with van der Waals surface area (Å²) in [5.41, 5.74) is 0.581. The Balaban J connectivity index is 1.99. The second kappa shape index (κ2) is 9.42. The number of halogens is 1. The van der Waals surface area contributed by atoms with Crippen molar-refractivity contribution >= 4 is 23.7 Å². The quantitative estimate of drug-likeness (QED) is 0.710. The van der Waals surface area contributed by atoms with E-state index in [1.165, 1.54) is 7.11 Å². The Morgan fingerprint density at radius 2 is 1.78 bits per heavy atom. The number of amides is 1. The molecule has 7 heteroatoms. The number of carbonyl (C=O) groups excluding carboxylic acids is 2. The zero-order valence-electron chi connectivity index (χ0n) is 16.5. The molecule has 1 saturated heterocycles. The standard InChI is InChI=1S/C20H29ClN2O4/c1-20(2,3)27-19(25)22-11-9-17(10-12-22)23(14-18(24)26-4)13-15-5-7-16(21)8-6-15/h5-8,17H,9-14H2,1-4H3. The molecule has 2 rings (SSSR count). The predicted octanol–water partition coefficient (Wildman–Crippen LogP) is 3.71. The van der Waals surface area contributed by atoms with Crippen molar-refractivity contribution in [2.75, 3.05) is 26.7 Å². The minimum atomic E-state index is -0.501. The van der Waals surface area contributed by atoms with Crippen LogP contribution in [-0.4, -0.2) is 60.2 Å². The number of esters is 1. The van der Waals surface area contributed by atoms with Crippen LogP contribution in [-0.2, 0) is 20.8 Å². The van der Waals surface area contributed by atoms with Crippen LogP contribution in [0.25, 0.3) is 0 Å². The van der Waals surface area contributed by atoms with Crippen LogP contribution in [0.15, 0.2) is 24.3 Å². The van der Waals surface area contributed by atoms with Crippen molar-refractivity contribution < 1.29 is 19.1 Å². The van der Waals surface area contributed by atoms with Gasteiger partial charge in [-0.3, -0.25) is 9.69 Å². The normalized spacial score (nSPS) is 15.7. The Labute approximate surface area is 166 Å². The van der Waals surface area contributed by atoms with Crippen LogP contribution in [0.1, 0.15) is 39.2 Å². The van der Waals surface area contributed by atoms with Gasteiger partial charge in [0.25, 0.3) is 0 Å². The molecule has 0 atom stereocenters. The summed E-state index contributed by atoms with van der Waals surface area (Å²) in [5.74, 6) is -0.265. The maximum atomic E-state index is 12.2. The van der Waals surface area contributed by atoms with Gasteiger partial charge >= 0.3 is 12.1 Å². The van der Waals surface area contributed by atoms with Crippen molar-refractivity contribution in [3.8, 4) is 0 Å². The van der Waals surface area contributed by atoms with E-state index in [-0.39, 0.29) is 24.6 Å². The lowest BCUT2D eigenvalue weighted by atomic mass is 10.0. The molecule has 0 N–H and O–H groups in total. The van der Waals surface area contributed by atoms with Crippen molar-refractivity contribution in [1.29, 1.82) is 0 Å². The summed E-state index contributed by atoms with van der Waals surface area (Å²) < 4.78 is 10.3. The molecule has 0 saturated carbocycles. The first-order chi connectivity index (χ1) is 12.7. The van der Waals surface area contributed by atoms with Gasteiger partial charge in [0, 0.05) is 30.7 Å². The lowest BCUT2D eigenvalue weighted by molar-refractivity contribution is -0.143. The molecule has 1 aliphatic rings. The molecule has 0 radical (unpaired) electrons. The number of rotatable bonds is 5. The van der Waals surface area contributed by atoms with Gasteiger partial charge in [0.05, 0.1) is 13.7 Å². The van der Waals surface area contributed by atoms with Gasteiger partial charge in [-0.2, -0.15) is 0 Å². The highest BCUT2D eigenvalue weighted by Gasteiger charge is 2.30. The van der Waals surface area contributed by atoms with Gasteiger partial charge in [-0.25, -0.2) is 4.79 Å². The lowest BCUT2D eigenvalue weighted by Gasteiger charge is -2.38. The smallest absolute Gasteiger partial charge is 0.410 e. The fourth-order valence-electron chi connectivity index (χ4n) is 3.11. The first-order valence-corrected chi connectivity index (χ1v) is 9.59. The summed E-state index contributed by atoms with van der Waals surface area (Å²) in [6.45, 7) is 7.65. The van der Waals surface area contributed by atoms with Crippen molar-refractivity contribution in [2.45, 2.75) is 51.8 Å². The minimum Gasteiger partial charge on any atom is -0.468 e. The van der Waals surface area contributed by atoms with Crippen LogP contribution in [0.4, 0.5) is 4.79 Å². The third kappa shape index (κ3) is 7.03. The van der Waals surface area contributed by atoms with E-state index in [2.05, 4.69) is 4.90 Å². The second-order valence-corrected chi connectivity index (χ2v) is 8.24. The summed E-state index contributed by atoms with van der Waals surface area (Å²) in [5, 5.41) is 0.684. The lowest BCUT2D eigenvalue weighted by Crippen LogP contribution is -2.49. The average molecular weight is 397 g/mol. The molecule has 1 fully saturated rings. The van der Waals surface area contributed by atoms with Crippen LogP contribution >= 0.6 is 11.6 Å². The molecular formula is C20H29ClN2O4. The summed E-state index contributed by atoms with van der Waals surface area (Å²) >= 11 is 5.96. The van der Waals surface area contributed by atoms with Crippen molar-refractivity contribution in [1.82, 2.24) is 9.80 Å². The number of nitrogens with zero attached hydrogens (tertiary/aromatic N) is 2. The van der Waals surface area contributed by atoms with E-state index in [0.717, 1.165) is 18.4 Å². The molecule has 0 aliphatic carbocycles. The SMILES string of the molecule is COC(=O)CN(Cc1ccc(Cl)cc1)C1CCN(C(=O)OC(C)(C)C)CC1. The summed E-state index contributed by atoms with van der Waals surface area (Å²) in [7, 11) is 1.40. The van der Waals surface area contributed by atoms with Crippen LogP contribution < -0.4 is 0 Å². The Kier molecular flexibility index (Phi) is 7.50. The van der Waals surface area contributed by atoms with E-state index >= 15 is 0 Å². The summed E-state index contributed by atoms with van der Waals surface area (Å²) in [6.07, 6.45) is 1.28. The number of hydrogen-bond acceptors (Lipinski definition) is 5. The third-order valence-electron chi connectivity index (χ3n) is 4.49. The number of hydrogen-bond donors (Lipinski definition) is 0. The zero-order valence-corrected chi connectivity index (χ0v) is 17.3. The Morgan fingerprint density at radius 3 is 2.30 bits per heavy atom. The van der Waals surface area contributed by atoms with Gasteiger partial charge in [0.2, 0.25) is 0 Å². The first kappa shape index (κ1) is 21.5. The van der Waals surface area contributed by atoms with Gasteiger partial charge in [-0.05, 0) is 51.3 Å². The molecule has 6 nitrogen and oxygen atoms in total. The Hall–Kier alpha value is -1.79. The van der Waals surface area contributed by atoms with Crippen LogP contribution in [0, 0.1) is 0 Å². The fraction of sp³-hybridized carbons (Fsp3) is 0.600. The molecule has 1 aromatic rings. The predicted molar refractivity (Wildman–Crippen MR) is 105 cm³/mol. The summed E-state index contributed by atoms with van der Waals surface area (Å²) in [4.78, 5) is 28.0. The highest BCUT2D eigenvalue weighted by Crippen LogP contribution is 2.21. The average Bonchev–Trinajstić information content (AvgIpc) is 2.61. The van der Waals surface area contributed by atoms with Gasteiger partial charge in [0.15, 0.2) is 0 Å². The number of likely N-dealkylation sites (tertiary alicyclic amines) is 1. The molecule has 27 heavy (non-hydrogen) atoms. The largest absolute Gasteiger partial charge is 0.468 e. The molecule has 0 aromatic heterocycles. The number of benzene rings is 1. The van der Waals surface area contributed by atoms with Crippen LogP contribution in [0.2, 0.25) is 5.02 Å². The molecule has 0 unspecified atom stereocenters. The van der Waals surface area contributed by atoms with Crippen molar-refractivity contribution in [3.63, 3.8) is 0 Å². The van der Waals surface area contributed by atoms with Gasteiger partial charge in [-0.15, -0.1) is 0 Å². The maximum Gasteiger partial charge on any atom is 0.410 e. The van der Waals surface area contributed by atoms with E-state index in [4.69, 9.17) is 21.1 Å². The number of carbonyl (C=O) groups is 2. The highest BCUT2D eigenvalue weighted by molar-refractivity contribution is 6.30. The molecule has 0 bridgehead atoms. The van der Waals surface area contributed by atoms with Crippen LogP contribution in [0.3, 0.4) is 0 Å². The molecule has 1 heterocycles. The van der Waals surface area contributed by atoms with E-state index in [0.29, 0.717) is 24.7 Å². The first-order valence-electron chi connectivity index (χ1n) is 9.21. The van der Waals surface area contributed by atoms with E-state index in [1.54, 1.807) is 4.90 Å². The monoisotopic (exact) mass is 396 g/mol. The van der Waals surface area contributed by atoms with E-state index in [9.17, 15) is 9.59 Å². The molecule has 1 aromatic carbocycles. The van der Waals surface area contributed by atoms with E-state index in [1.807, 2.05) is 45.0 Å². The number of methoxy groups -OCH3 is 1. The van der Waals surface area contributed by atoms with Crippen LogP contribution in [0.5, 0.6) is 0 Å². The second-order valence-electron chi connectivity index (χ2n) is 7.81. The molecule has 150 valence electrons. The molecule has 1 aliphatic heterocycles. The summed E-state index contributed by atoms with van der Waals surface area (Å²) in [6, 6.07) is 7.81. The van der Waals surface area contributed by atoms with Gasteiger partial charge < -0.3 is 14.4 Å². The van der Waals surface area contributed by atoms with E-state index < -0.39 is 5.60 Å². The van der Waals surface area contributed by atoms with Gasteiger partial charge in [-0.1, -0.05) is 23.7 Å². The Bertz CT molecular complexity index is 634. The highest BCUT2D eigenvalue weighted by atomic mass is 35.5. The van der Waals surface area contributed by atoms with Gasteiger partial charge in [0.1, 0.15) is 5.60 Å². The number of piperidine rings is 1. The topological polar surface area (TPSA) is 59.1 Å². The maximum absolute atomic E-state index is 12.2. The van der Waals surface area contributed by atoms with Crippen molar-refractivity contribution in [3.05, 3.63) is 34.9 Å². The minimum absolute atomic E-state index is 0.193. The molecular weight excluding hydrogens is 368 g/mol. The molecule has 1 amide bonds. The molecule has 0 spiro atoms. The van der Waals surface area contributed by atoms with Crippen molar-refractivity contribution in [2.24, 2.45) is 0 Å². The zero-order chi connectivity index (χ0) is 20.0. The number of ether oxygens (including phenoxy) is 2. The Morgan fingerprint density at radius 1 is 1.19 bits per heavy atom. The fourth-order valence-corrected chi connectivity index (χ4v) is 3.23. The third-order valence-corrected chi connectivity index (χ3v) is 4.74.